The van der Waals surface area contributed by atoms with Crippen LogP contribution in [0.1, 0.15) is 27.7 Å². The highest BCUT2D eigenvalue weighted by molar-refractivity contribution is 6.34. The topological polar surface area (TPSA) is 71.3 Å². The molecule has 0 radical (unpaired) electrons. The van der Waals surface area contributed by atoms with E-state index in [0.29, 0.717) is 5.95 Å². The summed E-state index contributed by atoms with van der Waals surface area (Å²) < 4.78 is 7.39. The number of rotatable bonds is 5. The maximum absolute atomic E-state index is 6.67. The summed E-state index contributed by atoms with van der Waals surface area (Å²) in [6, 6.07) is 4.04. The molecule has 33 heavy (non-hydrogen) atoms. The van der Waals surface area contributed by atoms with Crippen LogP contribution >= 0.6 is 11.6 Å². The fourth-order valence-corrected chi connectivity index (χ4v) is 4.83. The quantitative estimate of drug-likeness (QED) is 0.601. The third-order valence-electron chi connectivity index (χ3n) is 6.38. The van der Waals surface area contributed by atoms with Gasteiger partial charge >= 0.3 is 0 Å². The van der Waals surface area contributed by atoms with E-state index in [-0.39, 0.29) is 11.0 Å². The lowest BCUT2D eigenvalue weighted by molar-refractivity contribution is -0.131. The molecule has 2 fully saturated rings. The first kappa shape index (κ1) is 22.4. The van der Waals surface area contributed by atoms with Crippen LogP contribution < -0.4 is 10.2 Å². The first-order chi connectivity index (χ1) is 15.7. The van der Waals surface area contributed by atoms with Crippen LogP contribution in [0.15, 0.2) is 30.7 Å². The standard InChI is InChI=1S/C24H32ClN7O/c1-23(2,3)14-32-13-18(12-27-32)28-22-26-11-17-9-19(25)21(10-20(17)29-22)30-5-7-31(8-6-30)24(4)15-33-16-24/h9-13H,5-8,14-16H2,1-4H3,(H,26,28,29). The average molecular weight is 470 g/mol. The first-order valence-corrected chi connectivity index (χ1v) is 11.9. The SMILES string of the molecule is CC(C)(C)Cn1cc(Nc2ncc3cc(Cl)c(N4CCN(C5(C)COC5)CC4)cc3n2)cn1. The van der Waals surface area contributed by atoms with Gasteiger partial charge in [0.2, 0.25) is 5.95 Å². The highest BCUT2D eigenvalue weighted by atomic mass is 35.5. The molecule has 8 nitrogen and oxygen atoms in total. The minimum Gasteiger partial charge on any atom is -0.377 e. The van der Waals surface area contributed by atoms with E-state index >= 15 is 0 Å². The molecule has 0 spiro atoms. The molecule has 5 rings (SSSR count). The second-order valence-corrected chi connectivity index (χ2v) is 11.0. The van der Waals surface area contributed by atoms with Crippen LogP contribution in [-0.2, 0) is 11.3 Å². The Morgan fingerprint density at radius 1 is 1.12 bits per heavy atom. The fourth-order valence-electron chi connectivity index (χ4n) is 4.54. The van der Waals surface area contributed by atoms with Crippen molar-refractivity contribution in [2.75, 3.05) is 49.6 Å². The predicted octanol–water partition coefficient (Wildman–Crippen LogP) is 4.18. The van der Waals surface area contributed by atoms with Gasteiger partial charge in [-0.25, -0.2) is 9.97 Å². The molecule has 0 unspecified atom stereocenters. The van der Waals surface area contributed by atoms with E-state index in [9.17, 15) is 0 Å². The van der Waals surface area contributed by atoms with Gasteiger partial charge in [-0.3, -0.25) is 9.58 Å². The van der Waals surface area contributed by atoms with Crippen molar-refractivity contribution in [2.24, 2.45) is 5.41 Å². The van der Waals surface area contributed by atoms with E-state index in [2.05, 4.69) is 59.0 Å². The molecule has 0 amide bonds. The molecule has 4 heterocycles. The van der Waals surface area contributed by atoms with Crippen molar-refractivity contribution in [2.45, 2.75) is 39.8 Å². The molecule has 9 heteroatoms. The number of benzene rings is 1. The summed E-state index contributed by atoms with van der Waals surface area (Å²) >= 11 is 6.67. The number of aromatic nitrogens is 4. The number of piperazine rings is 1. The van der Waals surface area contributed by atoms with Crippen LogP contribution in [0.2, 0.25) is 5.02 Å². The number of hydrogen-bond donors (Lipinski definition) is 1. The van der Waals surface area contributed by atoms with Gasteiger partial charge in [0.15, 0.2) is 0 Å². The van der Waals surface area contributed by atoms with E-state index < -0.39 is 0 Å². The largest absolute Gasteiger partial charge is 0.377 e. The Bertz CT molecular complexity index is 1140. The van der Waals surface area contributed by atoms with Gasteiger partial charge in [0.05, 0.1) is 46.9 Å². The summed E-state index contributed by atoms with van der Waals surface area (Å²) in [6.07, 6.45) is 5.61. The van der Waals surface area contributed by atoms with Gasteiger partial charge in [-0.05, 0) is 24.5 Å². The number of nitrogens with one attached hydrogen (secondary N) is 1. The predicted molar refractivity (Wildman–Crippen MR) is 133 cm³/mol. The molecule has 2 aromatic heterocycles. The van der Waals surface area contributed by atoms with Crippen LogP contribution in [0.4, 0.5) is 17.3 Å². The van der Waals surface area contributed by atoms with Crippen LogP contribution in [-0.4, -0.2) is 69.6 Å². The minimum absolute atomic E-state index is 0.160. The molecule has 2 aliphatic heterocycles. The Hall–Kier alpha value is -2.42. The third-order valence-corrected chi connectivity index (χ3v) is 6.69. The van der Waals surface area contributed by atoms with Crippen molar-refractivity contribution in [3.8, 4) is 0 Å². The highest BCUT2D eigenvalue weighted by Gasteiger charge is 2.40. The lowest BCUT2D eigenvalue weighted by Crippen LogP contribution is -2.64. The lowest BCUT2D eigenvalue weighted by atomic mass is 9.97. The Labute approximate surface area is 199 Å². The van der Waals surface area contributed by atoms with E-state index in [1.54, 1.807) is 6.20 Å². The highest BCUT2D eigenvalue weighted by Crippen LogP contribution is 2.33. The third kappa shape index (κ3) is 4.78. The average Bonchev–Trinajstić information content (AvgIpc) is 3.17. The van der Waals surface area contributed by atoms with Gasteiger partial charge in [-0.1, -0.05) is 32.4 Å². The number of fused-ring (bicyclic) bond motifs is 1. The van der Waals surface area contributed by atoms with Gasteiger partial charge < -0.3 is 15.0 Å². The molecule has 2 aliphatic rings. The fraction of sp³-hybridized carbons (Fsp3) is 0.542. The molecule has 0 bridgehead atoms. The van der Waals surface area contributed by atoms with Crippen molar-refractivity contribution in [3.05, 3.63) is 35.7 Å². The lowest BCUT2D eigenvalue weighted by Gasteiger charge is -2.50. The summed E-state index contributed by atoms with van der Waals surface area (Å²) in [5, 5.41) is 9.39. The summed E-state index contributed by atoms with van der Waals surface area (Å²) in [5.41, 5.74) is 3.12. The molecule has 3 aromatic rings. The molecule has 1 N–H and O–H groups in total. The zero-order valence-corrected chi connectivity index (χ0v) is 20.6. The van der Waals surface area contributed by atoms with E-state index in [4.69, 9.17) is 21.3 Å². The van der Waals surface area contributed by atoms with E-state index in [0.717, 1.165) is 73.2 Å². The molecular weight excluding hydrogens is 438 g/mol. The van der Waals surface area contributed by atoms with Gasteiger partial charge in [-0.15, -0.1) is 0 Å². The first-order valence-electron chi connectivity index (χ1n) is 11.5. The molecular formula is C24H32ClN7O. The maximum atomic E-state index is 6.67. The van der Waals surface area contributed by atoms with E-state index in [1.807, 2.05) is 23.1 Å². The number of ether oxygens (including phenoxy) is 1. The second kappa shape index (κ2) is 8.42. The summed E-state index contributed by atoms with van der Waals surface area (Å²) in [7, 11) is 0. The number of nitrogens with zero attached hydrogens (tertiary/aromatic N) is 6. The van der Waals surface area contributed by atoms with Gasteiger partial charge in [0.1, 0.15) is 0 Å². The molecule has 0 aliphatic carbocycles. The monoisotopic (exact) mass is 469 g/mol. The maximum Gasteiger partial charge on any atom is 0.227 e. The molecule has 0 atom stereocenters. The van der Waals surface area contributed by atoms with Crippen LogP contribution in [0.3, 0.4) is 0 Å². The van der Waals surface area contributed by atoms with Crippen LogP contribution in [0.25, 0.3) is 10.9 Å². The van der Waals surface area contributed by atoms with Crippen molar-refractivity contribution in [1.82, 2.24) is 24.6 Å². The molecule has 1 aromatic carbocycles. The zero-order valence-electron chi connectivity index (χ0n) is 19.8. The summed E-state index contributed by atoms with van der Waals surface area (Å²) in [5.74, 6) is 0.550. The molecule has 2 saturated heterocycles. The van der Waals surface area contributed by atoms with Gasteiger partial charge in [0, 0.05) is 50.5 Å². The second-order valence-electron chi connectivity index (χ2n) is 10.6. The van der Waals surface area contributed by atoms with Gasteiger partial charge in [0.25, 0.3) is 0 Å². The Kier molecular flexibility index (Phi) is 5.71. The molecule has 0 saturated carbocycles. The summed E-state index contributed by atoms with van der Waals surface area (Å²) in [6.45, 7) is 15.2. The van der Waals surface area contributed by atoms with Crippen molar-refractivity contribution in [3.63, 3.8) is 0 Å². The number of hydrogen-bond acceptors (Lipinski definition) is 7. The minimum atomic E-state index is 0.160. The van der Waals surface area contributed by atoms with Crippen LogP contribution in [0.5, 0.6) is 0 Å². The van der Waals surface area contributed by atoms with Crippen molar-refractivity contribution >= 4 is 39.8 Å². The molecule has 176 valence electrons. The van der Waals surface area contributed by atoms with E-state index in [1.165, 1.54) is 0 Å². The normalized spacial score (nSPS) is 19.0. The Morgan fingerprint density at radius 3 is 2.55 bits per heavy atom. The Morgan fingerprint density at radius 2 is 1.88 bits per heavy atom. The number of anilines is 3. The number of halogens is 1. The smallest absolute Gasteiger partial charge is 0.227 e. The van der Waals surface area contributed by atoms with Crippen LogP contribution in [0, 0.1) is 5.41 Å². The van der Waals surface area contributed by atoms with Crippen molar-refractivity contribution in [1.29, 1.82) is 0 Å². The zero-order chi connectivity index (χ0) is 23.2. The summed E-state index contributed by atoms with van der Waals surface area (Å²) in [4.78, 5) is 14.1. The van der Waals surface area contributed by atoms with Crippen molar-refractivity contribution < 1.29 is 4.74 Å². The van der Waals surface area contributed by atoms with Gasteiger partial charge in [-0.2, -0.15) is 5.10 Å². The Balaban J connectivity index is 1.32.